The third kappa shape index (κ3) is 4.94. The summed E-state index contributed by atoms with van der Waals surface area (Å²) >= 11 is 3.03. The Morgan fingerprint density at radius 1 is 1.26 bits per heavy atom. The molecule has 0 aliphatic heterocycles. The van der Waals surface area contributed by atoms with Crippen molar-refractivity contribution in [2.45, 2.75) is 38.5 Å². The van der Waals surface area contributed by atoms with Crippen LogP contribution in [0.4, 0.5) is 5.13 Å². The van der Waals surface area contributed by atoms with E-state index in [-0.39, 0.29) is 12.5 Å². The lowest BCUT2D eigenvalue weighted by molar-refractivity contribution is -0.118. The molecule has 7 heteroatoms. The van der Waals surface area contributed by atoms with Gasteiger partial charge in [-0.05, 0) is 43.9 Å². The first-order chi connectivity index (χ1) is 11.0. The minimum Gasteiger partial charge on any atom is -0.483 e. The smallest absolute Gasteiger partial charge is 0.264 e. The van der Waals surface area contributed by atoms with Crippen molar-refractivity contribution < 1.29 is 9.53 Å². The van der Waals surface area contributed by atoms with Crippen LogP contribution in [0, 0.1) is 20.8 Å². The molecular formula is C16H21N3O2S2. The molecule has 0 bridgehead atoms. The lowest BCUT2D eigenvalue weighted by Gasteiger charge is -2.13. The molecular weight excluding hydrogens is 330 g/mol. The second-order valence-electron chi connectivity index (χ2n) is 5.21. The van der Waals surface area contributed by atoms with Crippen molar-refractivity contribution in [1.29, 1.82) is 0 Å². The highest BCUT2D eigenvalue weighted by molar-refractivity contribution is 8.01. The average molecular weight is 351 g/mol. The maximum Gasteiger partial charge on any atom is 0.264 e. The molecule has 0 spiro atoms. The van der Waals surface area contributed by atoms with E-state index < -0.39 is 0 Å². The third-order valence-electron chi connectivity index (χ3n) is 3.30. The van der Waals surface area contributed by atoms with E-state index in [0.717, 1.165) is 39.0 Å². The lowest BCUT2D eigenvalue weighted by atomic mass is 10.1. The highest BCUT2D eigenvalue weighted by Gasteiger charge is 2.11. The van der Waals surface area contributed by atoms with Crippen LogP contribution in [0.5, 0.6) is 5.75 Å². The fourth-order valence-electron chi connectivity index (χ4n) is 1.95. The van der Waals surface area contributed by atoms with Crippen LogP contribution in [0.15, 0.2) is 16.5 Å². The number of rotatable bonds is 7. The Morgan fingerprint density at radius 3 is 2.74 bits per heavy atom. The van der Waals surface area contributed by atoms with Crippen LogP contribution in [0.3, 0.4) is 0 Å². The SMILES string of the molecule is CCCSc1nnc(NC(=O)COc2c(C)ccc(C)c2C)s1. The van der Waals surface area contributed by atoms with E-state index in [1.165, 1.54) is 11.3 Å². The Morgan fingerprint density at radius 2 is 2.00 bits per heavy atom. The molecule has 23 heavy (non-hydrogen) atoms. The molecule has 0 saturated heterocycles. The number of thioether (sulfide) groups is 1. The molecule has 1 amide bonds. The molecule has 0 aliphatic carbocycles. The zero-order chi connectivity index (χ0) is 16.8. The largest absolute Gasteiger partial charge is 0.483 e. The maximum atomic E-state index is 12.0. The van der Waals surface area contributed by atoms with Crippen LogP contribution in [-0.2, 0) is 4.79 Å². The van der Waals surface area contributed by atoms with Crippen LogP contribution in [0.2, 0.25) is 0 Å². The minimum absolute atomic E-state index is 0.0395. The van der Waals surface area contributed by atoms with Crippen molar-refractivity contribution in [1.82, 2.24) is 10.2 Å². The first-order valence-electron chi connectivity index (χ1n) is 7.47. The second-order valence-corrected chi connectivity index (χ2v) is 7.53. The van der Waals surface area contributed by atoms with E-state index in [9.17, 15) is 4.79 Å². The number of hydrogen-bond donors (Lipinski definition) is 1. The van der Waals surface area contributed by atoms with Crippen LogP contribution >= 0.6 is 23.1 Å². The van der Waals surface area contributed by atoms with Gasteiger partial charge in [0.25, 0.3) is 5.91 Å². The fourth-order valence-corrected chi connectivity index (χ4v) is 3.64. The maximum absolute atomic E-state index is 12.0. The standard InChI is InChI=1S/C16H21N3O2S2/c1-5-8-22-16-19-18-15(23-16)17-13(20)9-21-14-11(3)7-6-10(2)12(14)4/h6-7H,5,8-9H2,1-4H3,(H,17,18,20). The summed E-state index contributed by atoms with van der Waals surface area (Å²) in [7, 11) is 0. The number of benzene rings is 1. The quantitative estimate of drug-likeness (QED) is 0.604. The van der Waals surface area contributed by atoms with E-state index >= 15 is 0 Å². The summed E-state index contributed by atoms with van der Waals surface area (Å²) in [6.45, 7) is 8.07. The Bertz CT molecular complexity index is 686. The minimum atomic E-state index is -0.228. The molecule has 1 aromatic heterocycles. The van der Waals surface area contributed by atoms with Gasteiger partial charge in [0.05, 0.1) is 0 Å². The number of carbonyl (C=O) groups excluding carboxylic acids is 1. The van der Waals surface area contributed by atoms with Gasteiger partial charge in [0.1, 0.15) is 5.75 Å². The number of nitrogens with one attached hydrogen (secondary N) is 1. The Labute approximate surface area is 144 Å². The van der Waals surface area contributed by atoms with Crippen molar-refractivity contribution in [3.63, 3.8) is 0 Å². The number of carbonyl (C=O) groups is 1. The van der Waals surface area contributed by atoms with Gasteiger partial charge in [0, 0.05) is 5.75 Å². The first kappa shape index (κ1) is 17.7. The van der Waals surface area contributed by atoms with Gasteiger partial charge in [-0.15, -0.1) is 10.2 Å². The zero-order valence-corrected chi connectivity index (χ0v) is 15.4. The summed E-state index contributed by atoms with van der Waals surface area (Å²) in [4.78, 5) is 12.0. The van der Waals surface area contributed by atoms with Crippen molar-refractivity contribution >= 4 is 34.1 Å². The fraction of sp³-hybridized carbons (Fsp3) is 0.438. The summed E-state index contributed by atoms with van der Waals surface area (Å²) in [6, 6.07) is 4.05. The van der Waals surface area contributed by atoms with Crippen molar-refractivity contribution in [2.24, 2.45) is 0 Å². The number of hydrogen-bond acceptors (Lipinski definition) is 6. The van der Waals surface area contributed by atoms with Gasteiger partial charge in [0.2, 0.25) is 5.13 Å². The van der Waals surface area contributed by atoms with Crippen LogP contribution in [-0.4, -0.2) is 28.5 Å². The molecule has 0 radical (unpaired) electrons. The van der Waals surface area contributed by atoms with Gasteiger partial charge in [0.15, 0.2) is 10.9 Å². The Hall–Kier alpha value is -1.60. The number of nitrogens with zero attached hydrogens (tertiary/aromatic N) is 2. The van der Waals surface area contributed by atoms with E-state index in [4.69, 9.17) is 4.74 Å². The van der Waals surface area contributed by atoms with Crippen molar-refractivity contribution in [3.05, 3.63) is 28.8 Å². The van der Waals surface area contributed by atoms with E-state index in [1.54, 1.807) is 11.8 Å². The zero-order valence-electron chi connectivity index (χ0n) is 13.8. The number of anilines is 1. The molecule has 0 aliphatic rings. The molecule has 5 nitrogen and oxygen atoms in total. The van der Waals surface area contributed by atoms with E-state index in [2.05, 4.69) is 22.4 Å². The number of amides is 1. The average Bonchev–Trinajstić information content (AvgIpc) is 2.96. The monoisotopic (exact) mass is 351 g/mol. The molecule has 2 aromatic rings. The van der Waals surface area contributed by atoms with Crippen LogP contribution in [0.25, 0.3) is 0 Å². The summed E-state index contributed by atoms with van der Waals surface area (Å²) in [5, 5.41) is 11.3. The molecule has 124 valence electrons. The van der Waals surface area contributed by atoms with E-state index in [1.807, 2.05) is 32.9 Å². The molecule has 1 heterocycles. The topological polar surface area (TPSA) is 64.1 Å². The summed E-state index contributed by atoms with van der Waals surface area (Å²) in [5.41, 5.74) is 3.23. The molecule has 1 aromatic carbocycles. The van der Waals surface area contributed by atoms with Gasteiger partial charge in [-0.25, -0.2) is 0 Å². The highest BCUT2D eigenvalue weighted by atomic mass is 32.2. The predicted octanol–water partition coefficient (Wildman–Crippen LogP) is 3.98. The molecule has 0 unspecified atom stereocenters. The predicted molar refractivity (Wildman–Crippen MR) is 95.7 cm³/mol. The van der Waals surface area contributed by atoms with Gasteiger partial charge in [-0.2, -0.15) is 0 Å². The van der Waals surface area contributed by atoms with Gasteiger partial charge in [-0.1, -0.05) is 42.2 Å². The summed E-state index contributed by atoms with van der Waals surface area (Å²) in [5.74, 6) is 1.54. The van der Waals surface area contributed by atoms with Crippen molar-refractivity contribution in [3.8, 4) is 5.75 Å². The Kier molecular flexibility index (Phi) is 6.41. The van der Waals surface area contributed by atoms with Crippen LogP contribution in [0.1, 0.15) is 30.0 Å². The highest BCUT2D eigenvalue weighted by Crippen LogP contribution is 2.27. The van der Waals surface area contributed by atoms with Gasteiger partial charge >= 0.3 is 0 Å². The molecule has 0 saturated carbocycles. The summed E-state index contributed by atoms with van der Waals surface area (Å²) < 4.78 is 6.56. The third-order valence-corrected chi connectivity index (χ3v) is 5.48. The normalized spacial score (nSPS) is 10.6. The molecule has 0 fully saturated rings. The van der Waals surface area contributed by atoms with Crippen molar-refractivity contribution in [2.75, 3.05) is 17.7 Å². The lowest BCUT2D eigenvalue weighted by Crippen LogP contribution is -2.20. The molecule has 0 atom stereocenters. The number of ether oxygens (including phenoxy) is 1. The van der Waals surface area contributed by atoms with E-state index in [0.29, 0.717) is 5.13 Å². The van der Waals surface area contributed by atoms with Gasteiger partial charge < -0.3 is 4.74 Å². The second kappa shape index (κ2) is 8.31. The van der Waals surface area contributed by atoms with Crippen LogP contribution < -0.4 is 10.1 Å². The van der Waals surface area contributed by atoms with Gasteiger partial charge in [-0.3, -0.25) is 10.1 Å². The molecule has 1 N–H and O–H groups in total. The summed E-state index contributed by atoms with van der Waals surface area (Å²) in [6.07, 6.45) is 1.08. The number of aromatic nitrogens is 2. The Balaban J connectivity index is 1.90. The number of aryl methyl sites for hydroxylation is 2. The molecule has 2 rings (SSSR count). The first-order valence-corrected chi connectivity index (χ1v) is 9.27.